The van der Waals surface area contributed by atoms with Gasteiger partial charge in [0, 0.05) is 25.1 Å². The first-order valence-corrected chi connectivity index (χ1v) is 7.83. The summed E-state index contributed by atoms with van der Waals surface area (Å²) in [6, 6.07) is 8.62. The van der Waals surface area contributed by atoms with Gasteiger partial charge < -0.3 is 9.26 Å². The van der Waals surface area contributed by atoms with Crippen LogP contribution in [-0.2, 0) is 6.54 Å². The second kappa shape index (κ2) is 6.48. The molecule has 0 aliphatic carbocycles. The number of ether oxygens (including phenoxy) is 1. The summed E-state index contributed by atoms with van der Waals surface area (Å²) in [5.41, 5.74) is 1.25. The summed E-state index contributed by atoms with van der Waals surface area (Å²) in [5, 5.41) is 4.05. The Bertz CT molecular complexity index is 626. The van der Waals surface area contributed by atoms with Gasteiger partial charge in [-0.3, -0.25) is 4.90 Å². The first kappa shape index (κ1) is 15.0. The highest BCUT2D eigenvalue weighted by molar-refractivity contribution is 5.36. The van der Waals surface area contributed by atoms with Crippen LogP contribution in [0.3, 0.4) is 0 Å². The van der Waals surface area contributed by atoms with Crippen molar-refractivity contribution in [2.45, 2.75) is 39.3 Å². The molecule has 2 heterocycles. The van der Waals surface area contributed by atoms with Crippen LogP contribution in [0.15, 0.2) is 28.8 Å². The highest BCUT2D eigenvalue weighted by Gasteiger charge is 2.30. The standard InChI is InChI=1S/C17H23N3O2/c1-12-8-9-15(14-6-4-5-7-16(14)21-3)20(10-12)11-17-18-13(2)22-19-17/h4-7,12,15H,8-11H2,1-3H3/t12-,15+/m0/s1. The molecule has 1 saturated heterocycles. The molecule has 2 aromatic rings. The number of rotatable bonds is 4. The molecule has 1 aliphatic heterocycles. The zero-order valence-corrected chi connectivity index (χ0v) is 13.5. The van der Waals surface area contributed by atoms with Gasteiger partial charge in [0.1, 0.15) is 5.75 Å². The molecule has 0 spiro atoms. The lowest BCUT2D eigenvalue weighted by Gasteiger charge is -2.38. The molecule has 0 unspecified atom stereocenters. The Hall–Kier alpha value is -1.88. The van der Waals surface area contributed by atoms with E-state index in [0.717, 1.165) is 24.5 Å². The van der Waals surface area contributed by atoms with Crippen molar-refractivity contribution in [3.63, 3.8) is 0 Å². The first-order valence-electron chi connectivity index (χ1n) is 7.83. The quantitative estimate of drug-likeness (QED) is 0.866. The molecule has 22 heavy (non-hydrogen) atoms. The average Bonchev–Trinajstić information content (AvgIpc) is 2.93. The first-order chi connectivity index (χ1) is 10.7. The van der Waals surface area contributed by atoms with Gasteiger partial charge in [-0.15, -0.1) is 0 Å². The van der Waals surface area contributed by atoms with Gasteiger partial charge in [0.05, 0.1) is 13.7 Å². The van der Waals surface area contributed by atoms with Crippen LogP contribution in [0.25, 0.3) is 0 Å². The Morgan fingerprint density at radius 3 is 2.86 bits per heavy atom. The Morgan fingerprint density at radius 2 is 2.14 bits per heavy atom. The fraction of sp³-hybridized carbons (Fsp3) is 0.529. The summed E-state index contributed by atoms with van der Waals surface area (Å²) < 4.78 is 10.7. The Kier molecular flexibility index (Phi) is 4.43. The Balaban J connectivity index is 1.86. The minimum atomic E-state index is 0.339. The molecule has 0 amide bonds. The van der Waals surface area contributed by atoms with E-state index in [4.69, 9.17) is 9.26 Å². The summed E-state index contributed by atoms with van der Waals surface area (Å²) in [6.07, 6.45) is 2.35. The predicted molar refractivity (Wildman–Crippen MR) is 83.6 cm³/mol. The van der Waals surface area contributed by atoms with Gasteiger partial charge >= 0.3 is 0 Å². The lowest BCUT2D eigenvalue weighted by Crippen LogP contribution is -2.37. The van der Waals surface area contributed by atoms with Crippen molar-refractivity contribution in [2.24, 2.45) is 5.92 Å². The van der Waals surface area contributed by atoms with Crippen LogP contribution < -0.4 is 4.74 Å². The number of hydrogen-bond acceptors (Lipinski definition) is 5. The summed E-state index contributed by atoms with van der Waals surface area (Å²) in [6.45, 7) is 5.88. The van der Waals surface area contributed by atoms with E-state index in [1.807, 2.05) is 19.1 Å². The highest BCUT2D eigenvalue weighted by Crippen LogP contribution is 2.38. The number of methoxy groups -OCH3 is 1. The number of piperidine rings is 1. The maximum atomic E-state index is 5.55. The van der Waals surface area contributed by atoms with E-state index in [9.17, 15) is 0 Å². The van der Waals surface area contributed by atoms with Gasteiger partial charge in [-0.1, -0.05) is 30.3 Å². The molecule has 1 aromatic heterocycles. The second-order valence-electron chi connectivity index (χ2n) is 6.10. The Labute approximate surface area is 131 Å². The van der Waals surface area contributed by atoms with Crippen LogP contribution in [0.1, 0.15) is 43.1 Å². The molecule has 0 N–H and O–H groups in total. The van der Waals surface area contributed by atoms with E-state index in [1.54, 1.807) is 7.11 Å². The van der Waals surface area contributed by atoms with Gasteiger partial charge in [-0.25, -0.2) is 0 Å². The van der Waals surface area contributed by atoms with Gasteiger partial charge in [-0.05, 0) is 24.8 Å². The largest absolute Gasteiger partial charge is 0.496 e. The fourth-order valence-electron chi connectivity index (χ4n) is 3.30. The summed E-state index contributed by atoms with van der Waals surface area (Å²) in [7, 11) is 1.73. The van der Waals surface area contributed by atoms with Crippen molar-refractivity contribution >= 4 is 0 Å². The topological polar surface area (TPSA) is 51.4 Å². The molecule has 5 heteroatoms. The number of aromatic nitrogens is 2. The molecule has 0 bridgehead atoms. The van der Waals surface area contributed by atoms with Crippen molar-refractivity contribution in [1.82, 2.24) is 15.0 Å². The smallest absolute Gasteiger partial charge is 0.223 e. The third kappa shape index (κ3) is 3.14. The SMILES string of the molecule is COc1ccccc1[C@H]1CC[C@H](C)CN1Cc1noc(C)n1. The average molecular weight is 301 g/mol. The highest BCUT2D eigenvalue weighted by atomic mass is 16.5. The van der Waals surface area contributed by atoms with Crippen molar-refractivity contribution < 1.29 is 9.26 Å². The minimum absolute atomic E-state index is 0.339. The van der Waals surface area contributed by atoms with E-state index in [2.05, 4.69) is 34.1 Å². The number of benzene rings is 1. The Morgan fingerprint density at radius 1 is 1.32 bits per heavy atom. The zero-order valence-electron chi connectivity index (χ0n) is 13.5. The maximum absolute atomic E-state index is 5.55. The van der Waals surface area contributed by atoms with Crippen molar-refractivity contribution in [3.8, 4) is 5.75 Å². The number of likely N-dealkylation sites (tertiary alicyclic amines) is 1. The van der Waals surface area contributed by atoms with Crippen molar-refractivity contribution in [3.05, 3.63) is 41.5 Å². The molecular formula is C17H23N3O2. The molecule has 0 saturated carbocycles. The van der Waals surface area contributed by atoms with Crippen molar-refractivity contribution in [2.75, 3.05) is 13.7 Å². The van der Waals surface area contributed by atoms with Crippen LogP contribution in [0, 0.1) is 12.8 Å². The van der Waals surface area contributed by atoms with Crippen LogP contribution in [0.5, 0.6) is 5.75 Å². The molecule has 0 radical (unpaired) electrons. The monoisotopic (exact) mass is 301 g/mol. The minimum Gasteiger partial charge on any atom is -0.496 e. The summed E-state index contributed by atoms with van der Waals surface area (Å²) >= 11 is 0. The van der Waals surface area contributed by atoms with E-state index < -0.39 is 0 Å². The lowest BCUT2D eigenvalue weighted by atomic mass is 9.89. The molecule has 118 valence electrons. The molecule has 1 fully saturated rings. The fourth-order valence-corrected chi connectivity index (χ4v) is 3.30. The summed E-state index contributed by atoms with van der Waals surface area (Å²) in [4.78, 5) is 6.79. The maximum Gasteiger partial charge on any atom is 0.223 e. The van der Waals surface area contributed by atoms with Crippen LogP contribution in [0.4, 0.5) is 0 Å². The van der Waals surface area contributed by atoms with Gasteiger partial charge in [-0.2, -0.15) is 4.98 Å². The van der Waals surface area contributed by atoms with E-state index in [-0.39, 0.29) is 0 Å². The number of hydrogen-bond donors (Lipinski definition) is 0. The number of aryl methyl sites for hydroxylation is 1. The number of para-hydroxylation sites is 1. The third-order valence-corrected chi connectivity index (χ3v) is 4.33. The normalized spacial score (nSPS) is 22.7. The van der Waals surface area contributed by atoms with Crippen LogP contribution in [0.2, 0.25) is 0 Å². The van der Waals surface area contributed by atoms with E-state index in [0.29, 0.717) is 24.4 Å². The number of nitrogens with zero attached hydrogens (tertiary/aromatic N) is 3. The molecule has 5 nitrogen and oxygen atoms in total. The van der Waals surface area contributed by atoms with Gasteiger partial charge in [0.2, 0.25) is 5.89 Å². The van der Waals surface area contributed by atoms with Crippen LogP contribution in [-0.4, -0.2) is 28.7 Å². The van der Waals surface area contributed by atoms with Gasteiger partial charge in [0.15, 0.2) is 5.82 Å². The summed E-state index contributed by atoms with van der Waals surface area (Å²) in [5.74, 6) is 3.01. The predicted octanol–water partition coefficient (Wildman–Crippen LogP) is 3.36. The van der Waals surface area contributed by atoms with E-state index >= 15 is 0 Å². The molecule has 1 aromatic carbocycles. The molecule has 2 atom stereocenters. The lowest BCUT2D eigenvalue weighted by molar-refractivity contribution is 0.100. The molecule has 1 aliphatic rings. The zero-order chi connectivity index (χ0) is 15.5. The second-order valence-corrected chi connectivity index (χ2v) is 6.10. The van der Waals surface area contributed by atoms with E-state index in [1.165, 1.54) is 12.0 Å². The molecule has 3 rings (SSSR count). The van der Waals surface area contributed by atoms with Crippen LogP contribution >= 0.6 is 0 Å². The molecular weight excluding hydrogens is 278 g/mol. The van der Waals surface area contributed by atoms with Crippen molar-refractivity contribution in [1.29, 1.82) is 0 Å². The van der Waals surface area contributed by atoms with Gasteiger partial charge in [0.25, 0.3) is 0 Å². The third-order valence-electron chi connectivity index (χ3n) is 4.33.